The topological polar surface area (TPSA) is 20.2 Å². The van der Waals surface area contributed by atoms with E-state index in [1.165, 1.54) is 22.3 Å². The lowest BCUT2D eigenvalue weighted by atomic mass is 10.1. The molecule has 0 amide bonds. The molecule has 5 aromatic carbocycles. The summed E-state index contributed by atoms with van der Waals surface area (Å²) in [6.07, 6.45) is 0. The molecule has 152 valence electrons. The van der Waals surface area contributed by atoms with Crippen LogP contribution in [-0.4, -0.2) is 5.11 Å². The number of phenols is 1. The molecular weight excluding hydrogens is 376 g/mol. The van der Waals surface area contributed by atoms with E-state index < -0.39 is 0 Å². The Morgan fingerprint density at radius 1 is 0.258 bits per heavy atom. The van der Waals surface area contributed by atoms with Crippen LogP contribution in [0.3, 0.4) is 0 Å². The average molecular weight is 403 g/mol. The summed E-state index contributed by atoms with van der Waals surface area (Å²) in [6, 6.07) is 50.3. The number of rotatable bonds is 2. The fourth-order valence-electron chi connectivity index (χ4n) is 2.95. The molecule has 31 heavy (non-hydrogen) atoms. The van der Waals surface area contributed by atoms with Crippen molar-refractivity contribution in [1.82, 2.24) is 0 Å². The van der Waals surface area contributed by atoms with Crippen LogP contribution in [0, 0.1) is 0 Å². The number of hydrogen-bond donors (Lipinski definition) is 1. The molecule has 1 N–H and O–H groups in total. The second-order valence-electron chi connectivity index (χ2n) is 6.80. The minimum absolute atomic E-state index is 0.322. The summed E-state index contributed by atoms with van der Waals surface area (Å²) >= 11 is 0. The van der Waals surface area contributed by atoms with Crippen LogP contribution in [0.2, 0.25) is 0 Å². The molecule has 5 aromatic rings. The molecule has 0 aliphatic carbocycles. The van der Waals surface area contributed by atoms with E-state index >= 15 is 0 Å². The van der Waals surface area contributed by atoms with E-state index in [0.717, 1.165) is 0 Å². The molecule has 0 atom stereocenters. The molecule has 5 rings (SSSR count). The summed E-state index contributed by atoms with van der Waals surface area (Å²) in [7, 11) is 0. The zero-order valence-corrected chi connectivity index (χ0v) is 17.4. The largest absolute Gasteiger partial charge is 0.508 e. The molecule has 0 aliphatic rings. The zero-order valence-electron chi connectivity index (χ0n) is 17.4. The normalized spacial score (nSPS) is 9.42. The maximum Gasteiger partial charge on any atom is 0.115 e. The maximum atomic E-state index is 8.63. The van der Waals surface area contributed by atoms with Gasteiger partial charge in [0.25, 0.3) is 0 Å². The molecule has 0 radical (unpaired) electrons. The van der Waals surface area contributed by atoms with E-state index in [2.05, 4.69) is 97.1 Å². The van der Waals surface area contributed by atoms with Crippen LogP contribution in [0.15, 0.2) is 152 Å². The van der Waals surface area contributed by atoms with E-state index in [-0.39, 0.29) is 0 Å². The Labute approximate surface area is 184 Å². The van der Waals surface area contributed by atoms with Gasteiger partial charge in [0, 0.05) is 0 Å². The van der Waals surface area contributed by atoms with Gasteiger partial charge in [-0.05, 0) is 34.4 Å². The van der Waals surface area contributed by atoms with Crippen molar-refractivity contribution in [1.29, 1.82) is 0 Å². The van der Waals surface area contributed by atoms with Crippen molar-refractivity contribution in [2.75, 3.05) is 0 Å². The van der Waals surface area contributed by atoms with Crippen LogP contribution < -0.4 is 0 Å². The van der Waals surface area contributed by atoms with Crippen molar-refractivity contribution in [2.24, 2.45) is 0 Å². The predicted molar refractivity (Wildman–Crippen MR) is 132 cm³/mol. The first-order chi connectivity index (χ1) is 15.3. The number of benzene rings is 5. The van der Waals surface area contributed by atoms with Gasteiger partial charge < -0.3 is 5.11 Å². The second-order valence-corrected chi connectivity index (χ2v) is 6.80. The second kappa shape index (κ2) is 12.5. The Balaban J connectivity index is 0.000000137. The Morgan fingerprint density at radius 3 is 0.613 bits per heavy atom. The van der Waals surface area contributed by atoms with Crippen molar-refractivity contribution >= 4 is 0 Å². The van der Waals surface area contributed by atoms with E-state index in [1.807, 2.05) is 30.3 Å². The third kappa shape index (κ3) is 7.68. The summed E-state index contributed by atoms with van der Waals surface area (Å²) in [4.78, 5) is 0. The molecule has 0 fully saturated rings. The van der Waals surface area contributed by atoms with Crippen molar-refractivity contribution in [3.8, 4) is 28.0 Å². The highest BCUT2D eigenvalue weighted by Crippen LogP contribution is 2.18. The average Bonchev–Trinajstić information content (AvgIpc) is 2.87. The van der Waals surface area contributed by atoms with E-state index in [4.69, 9.17) is 5.11 Å². The van der Waals surface area contributed by atoms with Gasteiger partial charge in [-0.25, -0.2) is 0 Å². The highest BCUT2D eigenvalue weighted by atomic mass is 16.3. The SMILES string of the molecule is Oc1ccccc1.c1ccc(-c2ccccc2)cc1.c1ccc(-c2ccccc2)cc1. The van der Waals surface area contributed by atoms with Crippen LogP contribution in [-0.2, 0) is 0 Å². The Hall–Kier alpha value is -4.10. The number of para-hydroxylation sites is 1. The fourth-order valence-corrected chi connectivity index (χ4v) is 2.95. The lowest BCUT2D eigenvalue weighted by Crippen LogP contribution is -1.73. The molecule has 0 unspecified atom stereocenters. The summed E-state index contributed by atoms with van der Waals surface area (Å²) in [6.45, 7) is 0. The number of aromatic hydroxyl groups is 1. The van der Waals surface area contributed by atoms with Gasteiger partial charge in [0.15, 0.2) is 0 Å². The van der Waals surface area contributed by atoms with Crippen molar-refractivity contribution in [3.05, 3.63) is 152 Å². The van der Waals surface area contributed by atoms with Gasteiger partial charge in [-0.2, -0.15) is 0 Å². The van der Waals surface area contributed by atoms with Gasteiger partial charge >= 0.3 is 0 Å². The first-order valence-corrected chi connectivity index (χ1v) is 10.3. The molecule has 1 nitrogen and oxygen atoms in total. The lowest BCUT2D eigenvalue weighted by Gasteiger charge is -1.98. The Kier molecular flexibility index (Phi) is 8.68. The van der Waals surface area contributed by atoms with Crippen molar-refractivity contribution in [2.45, 2.75) is 0 Å². The zero-order chi connectivity index (χ0) is 21.6. The third-order valence-corrected chi connectivity index (χ3v) is 4.52. The minimum Gasteiger partial charge on any atom is -0.508 e. The van der Waals surface area contributed by atoms with Gasteiger partial charge in [-0.1, -0.05) is 140 Å². The molecule has 0 saturated carbocycles. The van der Waals surface area contributed by atoms with Gasteiger partial charge in [-0.3, -0.25) is 0 Å². The van der Waals surface area contributed by atoms with Crippen LogP contribution in [0.25, 0.3) is 22.3 Å². The summed E-state index contributed by atoms with van der Waals surface area (Å²) in [5.74, 6) is 0.322. The minimum atomic E-state index is 0.322. The van der Waals surface area contributed by atoms with Crippen LogP contribution >= 0.6 is 0 Å². The molecule has 0 aromatic heterocycles. The molecule has 0 bridgehead atoms. The quantitative estimate of drug-likeness (QED) is 0.316. The predicted octanol–water partition coefficient (Wildman–Crippen LogP) is 8.10. The maximum absolute atomic E-state index is 8.63. The fraction of sp³-hybridized carbons (Fsp3) is 0. The highest BCUT2D eigenvalue weighted by Gasteiger charge is 1.92. The standard InChI is InChI=1S/2C12H10.C6H6O/c2*1-3-7-11(8-4-1)12-9-5-2-6-10-12;7-6-4-2-1-3-5-6/h2*1-10H;1-5,7H. The molecule has 0 aliphatic heterocycles. The molecule has 0 spiro atoms. The Bertz CT molecular complexity index is 942. The summed E-state index contributed by atoms with van der Waals surface area (Å²) < 4.78 is 0. The van der Waals surface area contributed by atoms with Crippen LogP contribution in [0.4, 0.5) is 0 Å². The lowest BCUT2D eigenvalue weighted by molar-refractivity contribution is 0.475. The number of phenolic OH excluding ortho intramolecular Hbond substituents is 1. The van der Waals surface area contributed by atoms with Crippen LogP contribution in [0.1, 0.15) is 0 Å². The first-order valence-electron chi connectivity index (χ1n) is 10.3. The first kappa shape index (κ1) is 21.6. The van der Waals surface area contributed by atoms with Gasteiger partial charge in [-0.15, -0.1) is 0 Å². The van der Waals surface area contributed by atoms with Gasteiger partial charge in [0.1, 0.15) is 5.75 Å². The summed E-state index contributed by atoms with van der Waals surface area (Å²) in [5, 5.41) is 8.63. The molecule has 0 heterocycles. The van der Waals surface area contributed by atoms with E-state index in [9.17, 15) is 0 Å². The van der Waals surface area contributed by atoms with Crippen LogP contribution in [0.5, 0.6) is 5.75 Å². The molecular formula is C30H26O. The molecule has 0 saturated heterocycles. The smallest absolute Gasteiger partial charge is 0.115 e. The van der Waals surface area contributed by atoms with E-state index in [1.54, 1.807) is 24.3 Å². The van der Waals surface area contributed by atoms with Gasteiger partial charge in [0.2, 0.25) is 0 Å². The molecule has 1 heteroatoms. The Morgan fingerprint density at radius 2 is 0.452 bits per heavy atom. The number of hydrogen-bond acceptors (Lipinski definition) is 1. The van der Waals surface area contributed by atoms with Crippen molar-refractivity contribution in [3.63, 3.8) is 0 Å². The van der Waals surface area contributed by atoms with Crippen molar-refractivity contribution < 1.29 is 5.11 Å². The highest BCUT2D eigenvalue weighted by molar-refractivity contribution is 5.63. The van der Waals surface area contributed by atoms with Gasteiger partial charge in [0.05, 0.1) is 0 Å². The monoisotopic (exact) mass is 402 g/mol. The third-order valence-electron chi connectivity index (χ3n) is 4.52. The van der Waals surface area contributed by atoms with E-state index in [0.29, 0.717) is 5.75 Å². The summed E-state index contributed by atoms with van der Waals surface area (Å²) in [5.41, 5.74) is 5.10.